The summed E-state index contributed by atoms with van der Waals surface area (Å²) >= 11 is 0. The van der Waals surface area contributed by atoms with Crippen LogP contribution in [0.2, 0.25) is 36.3 Å². The second-order valence-electron chi connectivity index (χ2n) is 9.93. The Bertz CT molecular complexity index is 426. The van der Waals surface area contributed by atoms with E-state index in [1.807, 2.05) is 0 Å². The highest BCUT2D eigenvalue weighted by Crippen LogP contribution is 2.43. The second kappa shape index (κ2) is 7.10. The van der Waals surface area contributed by atoms with E-state index < -0.39 is 41.2 Å². The average molecular weight is 379 g/mol. The molecule has 1 fully saturated rings. The molecule has 0 radical (unpaired) electrons. The van der Waals surface area contributed by atoms with Gasteiger partial charge in [-0.15, -0.1) is 0 Å². The molecule has 24 heavy (non-hydrogen) atoms. The number of rotatable bonds is 5. The second-order valence-corrected chi connectivity index (χ2v) is 19.4. The Morgan fingerprint density at radius 1 is 0.833 bits per heavy atom. The summed E-state index contributed by atoms with van der Waals surface area (Å²) in [7, 11) is -4.19. The zero-order valence-electron chi connectivity index (χ0n) is 17.1. The molecule has 1 heterocycles. The van der Waals surface area contributed by atoms with Crippen molar-refractivity contribution in [3.63, 3.8) is 0 Å². The molecule has 1 aliphatic heterocycles. The lowest BCUT2D eigenvalue weighted by Crippen LogP contribution is -2.54. The molecule has 0 amide bonds. The van der Waals surface area contributed by atoms with Crippen LogP contribution in [0.4, 0.5) is 0 Å². The molecule has 0 aliphatic carbocycles. The summed E-state index contributed by atoms with van der Waals surface area (Å²) in [5, 5.41) is 20.1. The molecule has 1 aliphatic rings. The molecule has 1 rings (SSSR count). The van der Waals surface area contributed by atoms with Gasteiger partial charge >= 0.3 is 0 Å². The first-order valence-electron chi connectivity index (χ1n) is 8.83. The molecule has 5 nitrogen and oxygen atoms in total. The molecule has 0 aromatic heterocycles. The normalized spacial score (nSPS) is 30.0. The molecule has 0 spiro atoms. The fraction of sp³-hybridized carbons (Fsp3) is 1.00. The number of hydrogen-bond acceptors (Lipinski definition) is 5. The summed E-state index contributed by atoms with van der Waals surface area (Å²) in [6, 6.07) is 0. The van der Waals surface area contributed by atoms with Crippen LogP contribution in [0.15, 0.2) is 0 Å². The van der Waals surface area contributed by atoms with E-state index in [4.69, 9.17) is 13.6 Å². The third kappa shape index (κ3) is 4.69. The lowest BCUT2D eigenvalue weighted by atomic mass is 10.1. The molecular formula is C17H38O5Si2. The van der Waals surface area contributed by atoms with Crippen LogP contribution in [0.5, 0.6) is 0 Å². The quantitative estimate of drug-likeness (QED) is 0.717. The van der Waals surface area contributed by atoms with Gasteiger partial charge in [0.1, 0.15) is 18.3 Å². The average Bonchev–Trinajstić information content (AvgIpc) is 2.63. The first-order chi connectivity index (χ1) is 10.5. The lowest BCUT2D eigenvalue weighted by molar-refractivity contribution is -0.130. The Labute approximate surface area is 150 Å². The van der Waals surface area contributed by atoms with E-state index in [1.54, 1.807) is 0 Å². The van der Waals surface area contributed by atoms with Crippen molar-refractivity contribution in [2.24, 2.45) is 0 Å². The Balaban J connectivity index is 3.08. The zero-order valence-corrected chi connectivity index (χ0v) is 19.1. The monoisotopic (exact) mass is 378 g/mol. The largest absolute Gasteiger partial charge is 0.408 e. The molecule has 0 aromatic carbocycles. The summed E-state index contributed by atoms with van der Waals surface area (Å²) in [5.74, 6) is 0. The van der Waals surface area contributed by atoms with Gasteiger partial charge in [0.05, 0.1) is 6.61 Å². The van der Waals surface area contributed by atoms with Gasteiger partial charge in [-0.1, -0.05) is 41.5 Å². The van der Waals surface area contributed by atoms with E-state index in [0.717, 1.165) is 0 Å². The van der Waals surface area contributed by atoms with Gasteiger partial charge in [-0.3, -0.25) is 0 Å². The number of aliphatic hydroxyl groups excluding tert-OH is 2. The molecule has 1 saturated heterocycles. The van der Waals surface area contributed by atoms with E-state index in [0.29, 0.717) is 0 Å². The van der Waals surface area contributed by atoms with Crippen molar-refractivity contribution in [3.8, 4) is 0 Å². The van der Waals surface area contributed by atoms with Gasteiger partial charge in [-0.05, 0) is 36.3 Å². The van der Waals surface area contributed by atoms with Gasteiger partial charge in [-0.25, -0.2) is 0 Å². The SMILES string of the molecule is CC(C)(C)[Si](C)(C)O[C@@H]1[C@H](O[Si](C)(C)C(C)(C)C)[C@@H](CO)O[C@@H]1O. The number of hydrogen-bond donors (Lipinski definition) is 2. The standard InChI is InChI=1S/C17H38O5Si2/c1-16(2,3)23(7,8)21-13-12(11-18)20-15(19)14(13)22-24(9,10)17(4,5)6/h12-15,18-19H,11H2,1-10H3/t12-,13-,14-,15+/m1/s1. The molecule has 7 heteroatoms. The maximum Gasteiger partial charge on any atom is 0.192 e. The van der Waals surface area contributed by atoms with Crippen LogP contribution in [-0.4, -0.2) is 58.1 Å². The highest BCUT2D eigenvalue weighted by Gasteiger charge is 2.53. The van der Waals surface area contributed by atoms with Gasteiger partial charge in [0.2, 0.25) is 0 Å². The summed E-state index contributed by atoms with van der Waals surface area (Å²) in [4.78, 5) is 0. The summed E-state index contributed by atoms with van der Waals surface area (Å²) < 4.78 is 18.5. The number of aliphatic hydroxyl groups is 2. The topological polar surface area (TPSA) is 68.2 Å². The highest BCUT2D eigenvalue weighted by atomic mass is 28.4. The summed E-state index contributed by atoms with van der Waals surface area (Å²) in [6.45, 7) is 21.4. The third-order valence-corrected chi connectivity index (χ3v) is 14.9. The van der Waals surface area contributed by atoms with Crippen molar-refractivity contribution < 1.29 is 23.8 Å². The number of ether oxygens (including phenoxy) is 1. The van der Waals surface area contributed by atoms with Gasteiger partial charge in [0.25, 0.3) is 0 Å². The first-order valence-corrected chi connectivity index (χ1v) is 14.7. The minimum atomic E-state index is -2.10. The van der Waals surface area contributed by atoms with Gasteiger partial charge in [0, 0.05) is 0 Å². The Hall–Kier alpha value is 0.234. The molecular weight excluding hydrogens is 340 g/mol. The fourth-order valence-electron chi connectivity index (χ4n) is 2.16. The molecule has 2 N–H and O–H groups in total. The molecule has 0 bridgehead atoms. The van der Waals surface area contributed by atoms with E-state index in [-0.39, 0.29) is 16.7 Å². The Kier molecular flexibility index (Phi) is 6.59. The van der Waals surface area contributed by atoms with Crippen molar-refractivity contribution in [2.45, 2.75) is 102 Å². The van der Waals surface area contributed by atoms with Crippen molar-refractivity contribution in [2.75, 3.05) is 6.61 Å². The third-order valence-electron chi connectivity index (χ3n) is 5.94. The van der Waals surface area contributed by atoms with Crippen LogP contribution in [0.3, 0.4) is 0 Å². The van der Waals surface area contributed by atoms with Crippen LogP contribution in [0, 0.1) is 0 Å². The predicted molar refractivity (Wildman–Crippen MR) is 102 cm³/mol. The van der Waals surface area contributed by atoms with Gasteiger partial charge < -0.3 is 23.8 Å². The smallest absolute Gasteiger partial charge is 0.192 e. The maximum atomic E-state index is 10.4. The zero-order chi connectivity index (χ0) is 19.1. The highest BCUT2D eigenvalue weighted by molar-refractivity contribution is 6.74. The van der Waals surface area contributed by atoms with Crippen LogP contribution in [0.25, 0.3) is 0 Å². The van der Waals surface area contributed by atoms with Crippen molar-refractivity contribution >= 4 is 16.6 Å². The molecule has 0 aromatic rings. The molecule has 4 atom stereocenters. The molecule has 144 valence electrons. The van der Waals surface area contributed by atoms with Crippen LogP contribution >= 0.6 is 0 Å². The van der Waals surface area contributed by atoms with E-state index >= 15 is 0 Å². The minimum absolute atomic E-state index is 0.0194. The minimum Gasteiger partial charge on any atom is -0.408 e. The van der Waals surface area contributed by atoms with Crippen LogP contribution in [-0.2, 0) is 13.6 Å². The first kappa shape index (κ1) is 22.3. The van der Waals surface area contributed by atoms with E-state index in [9.17, 15) is 10.2 Å². The Morgan fingerprint density at radius 3 is 1.54 bits per heavy atom. The van der Waals surface area contributed by atoms with Crippen LogP contribution in [0.1, 0.15) is 41.5 Å². The predicted octanol–water partition coefficient (Wildman–Crippen LogP) is 3.48. The summed E-state index contributed by atoms with van der Waals surface area (Å²) in [5.41, 5.74) is 0. The molecule has 0 unspecified atom stereocenters. The maximum absolute atomic E-state index is 10.4. The van der Waals surface area contributed by atoms with E-state index in [1.165, 1.54) is 0 Å². The lowest BCUT2D eigenvalue weighted by Gasteiger charge is -2.43. The van der Waals surface area contributed by atoms with Crippen molar-refractivity contribution in [1.82, 2.24) is 0 Å². The van der Waals surface area contributed by atoms with Crippen molar-refractivity contribution in [1.29, 1.82) is 0 Å². The fourth-order valence-corrected chi connectivity index (χ4v) is 4.76. The molecule has 0 saturated carbocycles. The van der Waals surface area contributed by atoms with Crippen molar-refractivity contribution in [3.05, 3.63) is 0 Å². The van der Waals surface area contributed by atoms with E-state index in [2.05, 4.69) is 67.7 Å². The Morgan fingerprint density at radius 2 is 1.21 bits per heavy atom. The summed E-state index contributed by atoms with van der Waals surface area (Å²) in [6.07, 6.45) is -2.62. The van der Waals surface area contributed by atoms with Crippen LogP contribution < -0.4 is 0 Å². The van der Waals surface area contributed by atoms with Gasteiger partial charge in [0.15, 0.2) is 22.9 Å². The van der Waals surface area contributed by atoms with Gasteiger partial charge in [-0.2, -0.15) is 0 Å².